The molecule has 2 N–H and O–H groups in total. The van der Waals surface area contributed by atoms with Crippen LogP contribution >= 0.6 is 11.8 Å². The average Bonchev–Trinajstić information content (AvgIpc) is 3.42. The molecule has 2 aliphatic rings. The van der Waals surface area contributed by atoms with E-state index in [9.17, 15) is 14.4 Å². The molecule has 1 aliphatic heterocycles. The minimum Gasteiger partial charge on any atom is -0.493 e. The van der Waals surface area contributed by atoms with Crippen molar-refractivity contribution in [2.75, 3.05) is 86.2 Å². The molecule has 0 radical (unpaired) electrons. The van der Waals surface area contributed by atoms with Gasteiger partial charge in [-0.05, 0) is 72.2 Å². The molecule has 2 amide bonds. The fourth-order valence-corrected chi connectivity index (χ4v) is 7.85. The van der Waals surface area contributed by atoms with Gasteiger partial charge in [-0.15, -0.1) is 0 Å². The number of thioether (sulfide) groups is 1. The summed E-state index contributed by atoms with van der Waals surface area (Å²) in [5.74, 6) is 3.66. The maximum absolute atomic E-state index is 14.2. The van der Waals surface area contributed by atoms with E-state index in [1.807, 2.05) is 35.4 Å². The predicted octanol–water partition coefficient (Wildman–Crippen LogP) is 4.77. The van der Waals surface area contributed by atoms with Crippen LogP contribution in [0.1, 0.15) is 42.5 Å². The molecule has 0 saturated carbocycles. The summed E-state index contributed by atoms with van der Waals surface area (Å²) in [4.78, 5) is 44.8. The lowest BCUT2D eigenvalue weighted by molar-refractivity contribution is -0.133. The monoisotopic (exact) mass is 764 g/mol. The lowest BCUT2D eigenvalue weighted by Gasteiger charge is -2.37. The molecule has 0 bridgehead atoms. The number of aryl methyl sites for hydroxylation is 1. The van der Waals surface area contributed by atoms with E-state index >= 15 is 0 Å². The third-order valence-electron chi connectivity index (χ3n) is 10.0. The second kappa shape index (κ2) is 18.5. The standard InChI is InChI=1S/C40H52N4O9S/c1-24(45)41-29-12-9-25-21-34(49-3)38(52-6)39(53-7)35(25)27-11-13-30(32(46)22-28(27)29)42-31(15-20-54-8)40(47)44-18-16-43(17-19-44)23-26-10-14-33(48-2)37(51-5)36(26)50-4/h10-11,13-14,21-22,29,31H,9,12,15-20,23H2,1-8H3,(H,41,45)(H,42,46)/t29-,31-/m0/s1. The molecule has 3 aromatic carbocycles. The van der Waals surface area contributed by atoms with E-state index in [0.29, 0.717) is 97.7 Å². The minimum absolute atomic E-state index is 0.0557. The molecule has 13 nitrogen and oxygen atoms in total. The van der Waals surface area contributed by atoms with Crippen LogP contribution in [-0.4, -0.2) is 109 Å². The van der Waals surface area contributed by atoms with E-state index in [2.05, 4.69) is 15.5 Å². The van der Waals surface area contributed by atoms with Crippen LogP contribution in [0, 0.1) is 0 Å². The summed E-state index contributed by atoms with van der Waals surface area (Å²) >= 11 is 1.64. The second-order valence-electron chi connectivity index (χ2n) is 13.2. The Morgan fingerprint density at radius 2 is 1.50 bits per heavy atom. The molecule has 0 spiro atoms. The van der Waals surface area contributed by atoms with Crippen molar-refractivity contribution in [1.82, 2.24) is 15.1 Å². The van der Waals surface area contributed by atoms with Crippen LogP contribution in [0.15, 0.2) is 41.2 Å². The molecule has 1 aliphatic carbocycles. The molecule has 54 heavy (non-hydrogen) atoms. The van der Waals surface area contributed by atoms with Gasteiger partial charge in [0.2, 0.25) is 28.7 Å². The van der Waals surface area contributed by atoms with Gasteiger partial charge >= 0.3 is 0 Å². The third-order valence-corrected chi connectivity index (χ3v) is 10.7. The summed E-state index contributed by atoms with van der Waals surface area (Å²) < 4.78 is 34.0. The number of rotatable bonds is 15. The Kier molecular flexibility index (Phi) is 13.8. The first-order valence-electron chi connectivity index (χ1n) is 17.9. The van der Waals surface area contributed by atoms with Gasteiger partial charge in [0.15, 0.2) is 23.0 Å². The van der Waals surface area contributed by atoms with Crippen molar-refractivity contribution in [2.24, 2.45) is 0 Å². The summed E-state index contributed by atoms with van der Waals surface area (Å²) in [7, 11) is 9.48. The number of nitrogens with zero attached hydrogens (tertiary/aromatic N) is 2. The number of ether oxygens (including phenoxy) is 6. The summed E-state index contributed by atoms with van der Waals surface area (Å²) in [5, 5.41) is 6.39. The number of hydrogen-bond acceptors (Lipinski definition) is 12. The van der Waals surface area contributed by atoms with Gasteiger partial charge in [0.1, 0.15) is 6.04 Å². The first-order valence-corrected chi connectivity index (χ1v) is 19.3. The number of hydrogen-bond donors (Lipinski definition) is 2. The molecule has 1 fully saturated rings. The van der Waals surface area contributed by atoms with Gasteiger partial charge in [0.25, 0.3) is 0 Å². The summed E-state index contributed by atoms with van der Waals surface area (Å²) in [6.45, 7) is 4.49. The number of fused-ring (bicyclic) bond motifs is 3. The predicted molar refractivity (Wildman–Crippen MR) is 211 cm³/mol. The van der Waals surface area contributed by atoms with Crippen LogP contribution in [0.2, 0.25) is 0 Å². The number of nitrogens with one attached hydrogen (secondary N) is 2. The fourth-order valence-electron chi connectivity index (χ4n) is 7.38. The van der Waals surface area contributed by atoms with Crippen LogP contribution in [0.5, 0.6) is 34.5 Å². The average molecular weight is 765 g/mol. The van der Waals surface area contributed by atoms with Gasteiger partial charge in [0, 0.05) is 50.8 Å². The second-order valence-corrected chi connectivity index (χ2v) is 14.2. The number of carbonyl (C=O) groups excluding carboxylic acids is 2. The van der Waals surface area contributed by atoms with Crippen molar-refractivity contribution < 1.29 is 38.0 Å². The first kappa shape index (κ1) is 40.4. The molecular formula is C40H52N4O9S. The van der Waals surface area contributed by atoms with Gasteiger partial charge in [-0.1, -0.05) is 12.1 Å². The quantitative estimate of drug-likeness (QED) is 0.221. The number of methoxy groups -OCH3 is 6. The van der Waals surface area contributed by atoms with E-state index in [1.165, 1.54) is 6.92 Å². The Morgan fingerprint density at radius 1 is 0.833 bits per heavy atom. The molecule has 14 heteroatoms. The normalized spacial score (nSPS) is 15.9. The maximum atomic E-state index is 14.2. The van der Waals surface area contributed by atoms with E-state index in [1.54, 1.807) is 66.6 Å². The molecule has 5 rings (SSSR count). The van der Waals surface area contributed by atoms with Crippen LogP contribution in [-0.2, 0) is 22.6 Å². The number of benzene rings is 2. The summed E-state index contributed by atoms with van der Waals surface area (Å²) in [6, 6.07) is 9.86. The topological polar surface area (TPSA) is 137 Å². The van der Waals surface area contributed by atoms with E-state index in [4.69, 9.17) is 28.4 Å². The van der Waals surface area contributed by atoms with E-state index < -0.39 is 12.1 Å². The van der Waals surface area contributed by atoms with E-state index in [0.717, 1.165) is 28.0 Å². The zero-order chi connectivity index (χ0) is 38.9. The largest absolute Gasteiger partial charge is 0.493 e. The summed E-state index contributed by atoms with van der Waals surface area (Å²) in [5.41, 5.74) is 4.04. The highest BCUT2D eigenvalue weighted by Crippen LogP contribution is 2.50. The zero-order valence-corrected chi connectivity index (χ0v) is 33.3. The first-order chi connectivity index (χ1) is 26.1. The lowest BCUT2D eigenvalue weighted by atomic mass is 9.95. The minimum atomic E-state index is -0.623. The van der Waals surface area contributed by atoms with Crippen molar-refractivity contribution in [2.45, 2.75) is 44.8 Å². The van der Waals surface area contributed by atoms with Gasteiger partial charge in [-0.2, -0.15) is 11.8 Å². The highest BCUT2D eigenvalue weighted by atomic mass is 32.2. The Morgan fingerprint density at radius 3 is 2.11 bits per heavy atom. The molecular weight excluding hydrogens is 713 g/mol. The molecule has 1 heterocycles. The number of amides is 2. The van der Waals surface area contributed by atoms with Gasteiger partial charge < -0.3 is 44.0 Å². The molecule has 0 unspecified atom stereocenters. The SMILES string of the molecule is COc1ccc(CN2CCN(C(=O)[C@H](CCSC)Nc3ccc4c(cc3=O)[C@@H](NC(C)=O)CCc3cc(OC)c(OC)c(OC)c3-4)CC2)c(OC)c1OC. The smallest absolute Gasteiger partial charge is 0.245 e. The van der Waals surface area contributed by atoms with Crippen molar-refractivity contribution in [3.8, 4) is 45.6 Å². The highest BCUT2D eigenvalue weighted by Gasteiger charge is 2.31. The van der Waals surface area contributed by atoms with Crippen LogP contribution in [0.25, 0.3) is 11.1 Å². The molecule has 0 aromatic heterocycles. The molecule has 2 atom stereocenters. The van der Waals surface area contributed by atoms with Crippen LogP contribution in [0.4, 0.5) is 5.69 Å². The fraction of sp³-hybridized carbons (Fsp3) is 0.475. The molecule has 292 valence electrons. The van der Waals surface area contributed by atoms with Crippen molar-refractivity contribution in [1.29, 1.82) is 0 Å². The lowest BCUT2D eigenvalue weighted by Crippen LogP contribution is -2.52. The van der Waals surface area contributed by atoms with Gasteiger partial charge in [-0.25, -0.2) is 0 Å². The van der Waals surface area contributed by atoms with Gasteiger partial charge in [-0.3, -0.25) is 19.3 Å². The Hall–Kier alpha value is -4.82. The highest BCUT2D eigenvalue weighted by molar-refractivity contribution is 7.98. The molecule has 1 saturated heterocycles. The van der Waals surface area contributed by atoms with Gasteiger partial charge in [0.05, 0.1) is 54.4 Å². The zero-order valence-electron chi connectivity index (χ0n) is 32.5. The van der Waals surface area contributed by atoms with Crippen molar-refractivity contribution >= 4 is 29.3 Å². The maximum Gasteiger partial charge on any atom is 0.245 e. The van der Waals surface area contributed by atoms with Crippen LogP contribution < -0.4 is 44.5 Å². The Labute approximate surface area is 321 Å². The Balaban J connectivity index is 1.43. The number of piperazine rings is 1. The van der Waals surface area contributed by atoms with E-state index in [-0.39, 0.29) is 17.2 Å². The Bertz CT molecular complexity index is 1880. The summed E-state index contributed by atoms with van der Waals surface area (Å²) in [6.07, 6.45) is 3.67. The third kappa shape index (κ3) is 8.60. The van der Waals surface area contributed by atoms with Crippen molar-refractivity contribution in [3.63, 3.8) is 0 Å². The van der Waals surface area contributed by atoms with Crippen LogP contribution in [0.3, 0.4) is 0 Å². The number of anilines is 1. The number of carbonyl (C=O) groups is 2. The van der Waals surface area contributed by atoms with Crippen molar-refractivity contribution in [3.05, 3.63) is 63.3 Å². The molecule has 3 aromatic rings.